The average molecular weight is 267 g/mol. The van der Waals surface area contributed by atoms with E-state index in [0.29, 0.717) is 24.1 Å². The molecule has 1 aliphatic carbocycles. The number of hydrogen-bond acceptors (Lipinski definition) is 5. The van der Waals surface area contributed by atoms with Crippen molar-refractivity contribution in [3.63, 3.8) is 0 Å². The number of nitrogen functional groups attached to an aromatic ring is 1. The Morgan fingerprint density at radius 1 is 1.61 bits per heavy atom. The summed E-state index contributed by atoms with van der Waals surface area (Å²) in [6.07, 6.45) is 4.24. The highest BCUT2D eigenvalue weighted by Gasteiger charge is 2.44. The van der Waals surface area contributed by atoms with Crippen LogP contribution in [0.25, 0.3) is 11.2 Å². The SMILES string of the molecule is Nc1nc2c(ncn2CC2(OCP)CC2)c(=O)[nH]1. The standard InChI is InChI=1S/C10H14N5O2P/c11-9-13-7-6(8(16)14-9)12-4-15(7)3-10(1-2-10)17-5-18/h4H,1-3,5,18H2,(H3,11,13,14,16). The van der Waals surface area contributed by atoms with Gasteiger partial charge in [0.1, 0.15) is 0 Å². The van der Waals surface area contributed by atoms with Crippen LogP contribution < -0.4 is 11.3 Å². The summed E-state index contributed by atoms with van der Waals surface area (Å²) in [5.41, 5.74) is 5.93. The van der Waals surface area contributed by atoms with Crippen LogP contribution >= 0.6 is 9.24 Å². The molecule has 0 amide bonds. The second-order valence-electron chi connectivity index (χ2n) is 4.49. The van der Waals surface area contributed by atoms with Crippen molar-refractivity contribution in [1.82, 2.24) is 19.5 Å². The van der Waals surface area contributed by atoms with E-state index in [1.807, 2.05) is 4.57 Å². The number of aromatic nitrogens is 4. The smallest absolute Gasteiger partial charge is 0.280 e. The van der Waals surface area contributed by atoms with Gasteiger partial charge in [0, 0.05) is 0 Å². The second-order valence-corrected chi connectivity index (χ2v) is 4.82. The van der Waals surface area contributed by atoms with Gasteiger partial charge in [-0.15, -0.1) is 9.24 Å². The minimum absolute atomic E-state index is 0.103. The van der Waals surface area contributed by atoms with Crippen LogP contribution in [0.5, 0.6) is 0 Å². The molecule has 0 aliphatic heterocycles. The number of imidazole rings is 1. The molecule has 2 aromatic rings. The van der Waals surface area contributed by atoms with Crippen molar-refractivity contribution in [3.05, 3.63) is 16.7 Å². The summed E-state index contributed by atoms with van der Waals surface area (Å²) in [6.45, 7) is 0.647. The van der Waals surface area contributed by atoms with Crippen LogP contribution in [0.3, 0.4) is 0 Å². The van der Waals surface area contributed by atoms with Gasteiger partial charge in [-0.2, -0.15) is 4.98 Å². The molecule has 1 aliphatic rings. The number of nitrogens with two attached hydrogens (primary N) is 1. The molecule has 0 radical (unpaired) electrons. The van der Waals surface area contributed by atoms with Gasteiger partial charge in [0.15, 0.2) is 11.2 Å². The molecular weight excluding hydrogens is 253 g/mol. The number of aromatic amines is 1. The summed E-state index contributed by atoms with van der Waals surface area (Å²) in [5.74, 6) is 0.103. The molecule has 8 heteroatoms. The zero-order valence-corrected chi connectivity index (χ0v) is 10.9. The molecule has 0 bridgehead atoms. The third-order valence-corrected chi connectivity index (χ3v) is 3.32. The van der Waals surface area contributed by atoms with Crippen LogP contribution in [-0.2, 0) is 11.3 Å². The van der Waals surface area contributed by atoms with Gasteiger partial charge in [-0.25, -0.2) is 4.98 Å². The fourth-order valence-corrected chi connectivity index (χ4v) is 2.41. The average Bonchev–Trinajstić information content (AvgIpc) is 2.94. The Morgan fingerprint density at radius 3 is 3.06 bits per heavy atom. The molecule has 96 valence electrons. The molecule has 1 saturated carbocycles. The molecule has 1 atom stereocenters. The van der Waals surface area contributed by atoms with Crippen LogP contribution in [-0.4, -0.2) is 31.5 Å². The number of anilines is 1. The number of nitrogens with zero attached hydrogens (tertiary/aromatic N) is 3. The first-order chi connectivity index (χ1) is 8.63. The van der Waals surface area contributed by atoms with Crippen molar-refractivity contribution in [2.45, 2.75) is 25.0 Å². The van der Waals surface area contributed by atoms with Gasteiger partial charge < -0.3 is 15.0 Å². The lowest BCUT2D eigenvalue weighted by atomic mass is 10.3. The molecule has 18 heavy (non-hydrogen) atoms. The number of H-pyrrole nitrogens is 1. The van der Waals surface area contributed by atoms with Crippen LogP contribution in [0, 0.1) is 0 Å². The van der Waals surface area contributed by atoms with Crippen LogP contribution in [0.4, 0.5) is 5.95 Å². The number of hydrogen-bond donors (Lipinski definition) is 2. The Hall–Kier alpha value is -1.46. The first-order valence-corrected chi connectivity index (χ1v) is 6.50. The Balaban J connectivity index is 2.00. The molecule has 0 aromatic carbocycles. The Labute approximate surface area is 105 Å². The van der Waals surface area contributed by atoms with Gasteiger partial charge in [-0.3, -0.25) is 9.78 Å². The van der Waals surface area contributed by atoms with Gasteiger partial charge >= 0.3 is 0 Å². The highest BCUT2D eigenvalue weighted by molar-refractivity contribution is 7.16. The van der Waals surface area contributed by atoms with Crippen molar-refractivity contribution < 1.29 is 4.74 Å². The fourth-order valence-electron chi connectivity index (χ4n) is 2.06. The first kappa shape index (κ1) is 11.6. The fraction of sp³-hybridized carbons (Fsp3) is 0.500. The van der Waals surface area contributed by atoms with E-state index in [1.165, 1.54) is 0 Å². The molecule has 7 nitrogen and oxygen atoms in total. The van der Waals surface area contributed by atoms with Gasteiger partial charge in [0.25, 0.3) is 5.56 Å². The van der Waals surface area contributed by atoms with Gasteiger partial charge in [0.05, 0.1) is 24.8 Å². The largest absolute Gasteiger partial charge is 0.369 e. The van der Waals surface area contributed by atoms with Crippen LogP contribution in [0.15, 0.2) is 11.1 Å². The van der Waals surface area contributed by atoms with Crippen LogP contribution in [0.2, 0.25) is 0 Å². The molecular formula is C10H14N5O2P. The molecule has 2 heterocycles. The van der Waals surface area contributed by atoms with Crippen molar-refractivity contribution >= 4 is 26.4 Å². The quantitative estimate of drug-likeness (QED) is 0.764. The zero-order valence-electron chi connectivity index (χ0n) is 9.72. The van der Waals surface area contributed by atoms with E-state index in [-0.39, 0.29) is 17.1 Å². The monoisotopic (exact) mass is 267 g/mol. The summed E-state index contributed by atoms with van der Waals surface area (Å²) in [6, 6.07) is 0. The van der Waals surface area contributed by atoms with E-state index < -0.39 is 0 Å². The van der Waals surface area contributed by atoms with Gasteiger partial charge in [0.2, 0.25) is 5.95 Å². The summed E-state index contributed by atoms with van der Waals surface area (Å²) in [7, 11) is 2.55. The highest BCUT2D eigenvalue weighted by Crippen LogP contribution is 2.41. The molecule has 2 aromatic heterocycles. The molecule has 1 unspecified atom stereocenters. The predicted molar refractivity (Wildman–Crippen MR) is 70.2 cm³/mol. The van der Waals surface area contributed by atoms with Crippen LogP contribution in [0.1, 0.15) is 12.8 Å². The number of rotatable bonds is 4. The van der Waals surface area contributed by atoms with Crippen molar-refractivity contribution in [1.29, 1.82) is 0 Å². The molecule has 1 fully saturated rings. The predicted octanol–water partition coefficient (Wildman–Crippen LogP) is 0.0836. The van der Waals surface area contributed by atoms with Crippen molar-refractivity contribution in [2.75, 3.05) is 12.1 Å². The minimum Gasteiger partial charge on any atom is -0.369 e. The van der Waals surface area contributed by atoms with Crippen molar-refractivity contribution in [3.8, 4) is 0 Å². The van der Waals surface area contributed by atoms with Gasteiger partial charge in [-0.05, 0) is 12.8 Å². The lowest BCUT2D eigenvalue weighted by Crippen LogP contribution is -2.21. The Bertz CT molecular complexity index is 645. The number of ether oxygens (including phenoxy) is 1. The topological polar surface area (TPSA) is 98.8 Å². The number of fused-ring (bicyclic) bond motifs is 1. The summed E-state index contributed by atoms with van der Waals surface area (Å²) in [4.78, 5) is 22.3. The zero-order chi connectivity index (χ0) is 12.8. The molecule has 0 saturated heterocycles. The van der Waals surface area contributed by atoms with E-state index in [2.05, 4.69) is 24.2 Å². The maximum absolute atomic E-state index is 11.6. The maximum Gasteiger partial charge on any atom is 0.280 e. The summed E-state index contributed by atoms with van der Waals surface area (Å²) < 4.78 is 7.52. The lowest BCUT2D eigenvalue weighted by molar-refractivity contribution is 0.0541. The maximum atomic E-state index is 11.6. The van der Waals surface area contributed by atoms with E-state index in [1.54, 1.807) is 6.33 Å². The summed E-state index contributed by atoms with van der Waals surface area (Å²) in [5, 5.41) is 0. The second kappa shape index (κ2) is 4.03. The Kier molecular flexibility index (Phi) is 2.60. The van der Waals surface area contributed by atoms with E-state index >= 15 is 0 Å². The molecule has 3 rings (SSSR count). The molecule has 3 N–H and O–H groups in total. The van der Waals surface area contributed by atoms with E-state index in [0.717, 1.165) is 12.8 Å². The third-order valence-electron chi connectivity index (χ3n) is 3.15. The van der Waals surface area contributed by atoms with E-state index in [9.17, 15) is 4.79 Å². The Morgan fingerprint density at radius 2 is 2.39 bits per heavy atom. The van der Waals surface area contributed by atoms with Gasteiger partial charge in [-0.1, -0.05) is 0 Å². The highest BCUT2D eigenvalue weighted by atomic mass is 31.0. The first-order valence-electron chi connectivity index (χ1n) is 5.68. The van der Waals surface area contributed by atoms with Crippen molar-refractivity contribution in [2.24, 2.45) is 0 Å². The third kappa shape index (κ3) is 1.89. The lowest BCUT2D eigenvalue weighted by Gasteiger charge is -2.15. The number of nitrogens with one attached hydrogen (secondary N) is 1. The molecule has 0 spiro atoms. The van der Waals surface area contributed by atoms with E-state index in [4.69, 9.17) is 10.5 Å². The normalized spacial score (nSPS) is 17.2. The summed E-state index contributed by atoms with van der Waals surface area (Å²) >= 11 is 0. The minimum atomic E-state index is -0.312.